The molecule has 0 aliphatic carbocycles. The van der Waals surface area contributed by atoms with Crippen LogP contribution in [-0.2, 0) is 28.4 Å². The molecule has 0 saturated carbocycles. The van der Waals surface area contributed by atoms with E-state index in [0.29, 0.717) is 26.1 Å². The van der Waals surface area contributed by atoms with Crippen molar-refractivity contribution in [1.82, 2.24) is 0 Å². The SMILES string of the molecule is CC(C)(C/C=C/CC(C)(C)OCC1COC(=O)O1)OCC1COC(=O)O1. The normalized spacial score (nSPS) is 23.7. The Hall–Kier alpha value is -1.80. The Balaban J connectivity index is 1.64. The lowest BCUT2D eigenvalue weighted by Gasteiger charge is -2.26. The van der Waals surface area contributed by atoms with E-state index in [1.807, 2.05) is 39.8 Å². The maximum absolute atomic E-state index is 10.9. The molecule has 0 aromatic rings. The van der Waals surface area contributed by atoms with Gasteiger partial charge in [0.25, 0.3) is 0 Å². The molecule has 0 bridgehead atoms. The molecule has 0 spiro atoms. The van der Waals surface area contributed by atoms with Gasteiger partial charge in [0.05, 0.1) is 24.4 Å². The molecular formula is C18H28O8. The Labute approximate surface area is 153 Å². The minimum absolute atomic E-state index is 0.234. The van der Waals surface area contributed by atoms with Crippen LogP contribution in [0.3, 0.4) is 0 Å². The Morgan fingerprint density at radius 1 is 0.846 bits per heavy atom. The topological polar surface area (TPSA) is 89.5 Å². The van der Waals surface area contributed by atoms with E-state index in [-0.39, 0.29) is 36.6 Å². The fraction of sp³-hybridized carbons (Fsp3) is 0.778. The molecular weight excluding hydrogens is 344 g/mol. The van der Waals surface area contributed by atoms with Crippen molar-refractivity contribution in [3.63, 3.8) is 0 Å². The fourth-order valence-corrected chi connectivity index (χ4v) is 2.38. The number of cyclic esters (lactones) is 4. The summed E-state index contributed by atoms with van der Waals surface area (Å²) in [6.07, 6.45) is 3.53. The summed E-state index contributed by atoms with van der Waals surface area (Å²) in [5, 5.41) is 0. The molecule has 2 saturated heterocycles. The van der Waals surface area contributed by atoms with Crippen LogP contribution < -0.4 is 0 Å². The van der Waals surface area contributed by atoms with E-state index < -0.39 is 12.3 Å². The molecule has 0 N–H and O–H groups in total. The summed E-state index contributed by atoms with van der Waals surface area (Å²) in [5.74, 6) is 0. The molecule has 2 fully saturated rings. The zero-order valence-corrected chi connectivity index (χ0v) is 15.8. The smallest absolute Gasteiger partial charge is 0.430 e. The first kappa shape index (κ1) is 20.5. The second-order valence-corrected chi connectivity index (χ2v) is 7.62. The average molecular weight is 372 g/mol. The summed E-state index contributed by atoms with van der Waals surface area (Å²) in [6, 6.07) is 0. The van der Waals surface area contributed by atoms with Crippen LogP contribution in [0.4, 0.5) is 9.59 Å². The van der Waals surface area contributed by atoms with Crippen LogP contribution >= 0.6 is 0 Å². The van der Waals surface area contributed by atoms with Crippen LogP contribution in [0.25, 0.3) is 0 Å². The number of hydrogen-bond donors (Lipinski definition) is 0. The van der Waals surface area contributed by atoms with Crippen molar-refractivity contribution < 1.29 is 38.0 Å². The standard InChI is InChI=1S/C18H28O8/c1-17(2,23-11-13-9-21-15(19)25-13)7-5-6-8-18(3,4)24-12-14-10-22-16(20)26-14/h5-6,13-14H,7-12H2,1-4H3/b6-5+. The van der Waals surface area contributed by atoms with Gasteiger partial charge in [0, 0.05) is 0 Å². The third-order valence-electron chi connectivity index (χ3n) is 4.01. The van der Waals surface area contributed by atoms with Gasteiger partial charge in [-0.25, -0.2) is 9.59 Å². The molecule has 2 unspecified atom stereocenters. The summed E-state index contributed by atoms with van der Waals surface area (Å²) in [7, 11) is 0. The Morgan fingerprint density at radius 3 is 1.54 bits per heavy atom. The third-order valence-corrected chi connectivity index (χ3v) is 4.01. The van der Waals surface area contributed by atoms with Gasteiger partial charge >= 0.3 is 12.3 Å². The fourth-order valence-electron chi connectivity index (χ4n) is 2.38. The van der Waals surface area contributed by atoms with Crippen molar-refractivity contribution in [2.75, 3.05) is 26.4 Å². The van der Waals surface area contributed by atoms with E-state index in [1.165, 1.54) is 0 Å². The zero-order chi connectivity index (χ0) is 19.2. The molecule has 2 aliphatic rings. The molecule has 0 radical (unpaired) electrons. The summed E-state index contributed by atoms with van der Waals surface area (Å²) in [6.45, 7) is 8.99. The van der Waals surface area contributed by atoms with Gasteiger partial charge in [-0.05, 0) is 40.5 Å². The van der Waals surface area contributed by atoms with E-state index in [4.69, 9.17) is 28.4 Å². The second-order valence-electron chi connectivity index (χ2n) is 7.62. The molecule has 148 valence electrons. The summed E-state index contributed by atoms with van der Waals surface area (Å²) in [5.41, 5.74) is -0.766. The van der Waals surface area contributed by atoms with Gasteiger partial charge in [0.2, 0.25) is 0 Å². The maximum atomic E-state index is 10.9. The van der Waals surface area contributed by atoms with Gasteiger partial charge in [0.15, 0.2) is 12.2 Å². The number of carbonyl (C=O) groups is 2. The first-order valence-electron chi connectivity index (χ1n) is 8.75. The van der Waals surface area contributed by atoms with E-state index >= 15 is 0 Å². The molecule has 8 heteroatoms. The molecule has 2 heterocycles. The molecule has 2 rings (SSSR count). The van der Waals surface area contributed by atoms with E-state index in [0.717, 1.165) is 0 Å². The van der Waals surface area contributed by atoms with Gasteiger partial charge in [0.1, 0.15) is 13.2 Å². The average Bonchev–Trinajstić information content (AvgIpc) is 3.16. The lowest BCUT2D eigenvalue weighted by atomic mass is 10.0. The van der Waals surface area contributed by atoms with Crippen molar-refractivity contribution in [2.24, 2.45) is 0 Å². The van der Waals surface area contributed by atoms with Crippen molar-refractivity contribution in [2.45, 2.75) is 63.9 Å². The Kier molecular flexibility index (Phi) is 6.88. The molecule has 2 atom stereocenters. The highest BCUT2D eigenvalue weighted by molar-refractivity contribution is 5.62. The van der Waals surface area contributed by atoms with Crippen LogP contribution in [0.5, 0.6) is 0 Å². The quantitative estimate of drug-likeness (QED) is 0.427. The minimum Gasteiger partial charge on any atom is -0.430 e. The lowest BCUT2D eigenvalue weighted by molar-refractivity contribution is -0.0525. The molecule has 0 aromatic heterocycles. The zero-order valence-electron chi connectivity index (χ0n) is 15.8. The van der Waals surface area contributed by atoms with Crippen molar-refractivity contribution in [3.8, 4) is 0 Å². The van der Waals surface area contributed by atoms with Gasteiger partial charge in [-0.2, -0.15) is 0 Å². The largest absolute Gasteiger partial charge is 0.508 e. The van der Waals surface area contributed by atoms with Gasteiger partial charge in [-0.15, -0.1) is 0 Å². The van der Waals surface area contributed by atoms with Crippen LogP contribution in [0.1, 0.15) is 40.5 Å². The van der Waals surface area contributed by atoms with Crippen molar-refractivity contribution in [1.29, 1.82) is 0 Å². The number of carbonyl (C=O) groups excluding carboxylic acids is 2. The van der Waals surface area contributed by atoms with Gasteiger partial charge in [-0.1, -0.05) is 12.2 Å². The van der Waals surface area contributed by atoms with Crippen LogP contribution in [-0.4, -0.2) is 62.1 Å². The summed E-state index contributed by atoms with van der Waals surface area (Å²) >= 11 is 0. The van der Waals surface area contributed by atoms with Crippen molar-refractivity contribution in [3.05, 3.63) is 12.2 Å². The predicted octanol–water partition coefficient (Wildman–Crippen LogP) is 2.98. The lowest BCUT2D eigenvalue weighted by Crippen LogP contribution is -2.30. The van der Waals surface area contributed by atoms with E-state index in [2.05, 4.69) is 0 Å². The molecule has 0 aromatic carbocycles. The first-order chi connectivity index (χ1) is 12.2. The van der Waals surface area contributed by atoms with Crippen LogP contribution in [0.2, 0.25) is 0 Å². The Morgan fingerprint density at radius 2 is 1.23 bits per heavy atom. The predicted molar refractivity (Wildman–Crippen MR) is 90.9 cm³/mol. The van der Waals surface area contributed by atoms with E-state index in [9.17, 15) is 9.59 Å². The molecule has 0 amide bonds. The molecule has 2 aliphatic heterocycles. The van der Waals surface area contributed by atoms with Crippen LogP contribution in [0, 0.1) is 0 Å². The highest BCUT2D eigenvalue weighted by atomic mass is 16.8. The second kappa shape index (κ2) is 8.73. The minimum atomic E-state index is -0.641. The summed E-state index contributed by atoms with van der Waals surface area (Å²) < 4.78 is 31.0. The van der Waals surface area contributed by atoms with Gasteiger partial charge in [-0.3, -0.25) is 0 Å². The van der Waals surface area contributed by atoms with Crippen molar-refractivity contribution >= 4 is 12.3 Å². The third kappa shape index (κ3) is 7.21. The number of ether oxygens (including phenoxy) is 6. The monoisotopic (exact) mass is 372 g/mol. The van der Waals surface area contributed by atoms with Crippen LogP contribution in [0.15, 0.2) is 12.2 Å². The highest BCUT2D eigenvalue weighted by Gasteiger charge is 2.29. The highest BCUT2D eigenvalue weighted by Crippen LogP contribution is 2.21. The first-order valence-corrected chi connectivity index (χ1v) is 8.75. The Bertz CT molecular complexity index is 479. The van der Waals surface area contributed by atoms with E-state index in [1.54, 1.807) is 0 Å². The number of hydrogen-bond acceptors (Lipinski definition) is 8. The maximum Gasteiger partial charge on any atom is 0.508 e. The summed E-state index contributed by atoms with van der Waals surface area (Å²) in [4.78, 5) is 21.8. The molecule has 8 nitrogen and oxygen atoms in total. The number of rotatable bonds is 10. The van der Waals surface area contributed by atoms with Gasteiger partial charge < -0.3 is 28.4 Å². The molecule has 26 heavy (non-hydrogen) atoms.